The van der Waals surface area contributed by atoms with E-state index in [0.717, 1.165) is 19.3 Å². The van der Waals surface area contributed by atoms with E-state index in [9.17, 15) is 14.4 Å². The number of carbonyl (C=O) groups excluding carboxylic acids is 3. The lowest BCUT2D eigenvalue weighted by atomic mass is 10.1. The van der Waals surface area contributed by atoms with Gasteiger partial charge < -0.3 is 25.4 Å². The number of unbranched alkanes of at least 4 members (excludes halogenated alkanes) is 8. The first kappa shape index (κ1) is 26.5. The standard InChI is InChI=1S/C20H37NO7/c1-2-3-4-5-6-7-8-9-10-11-19(25)28-20(26)17(21)12-13-18(24)27-15-16(23)14-22/h16-17,22-23H,2-15,21H2,1H3/t16?,17-/m0/s1. The Morgan fingerprint density at radius 1 is 0.893 bits per heavy atom. The summed E-state index contributed by atoms with van der Waals surface area (Å²) in [5, 5.41) is 17.7. The van der Waals surface area contributed by atoms with Crippen LogP contribution in [0.4, 0.5) is 0 Å². The molecule has 0 aliphatic rings. The van der Waals surface area contributed by atoms with Crippen molar-refractivity contribution in [1.82, 2.24) is 0 Å². The lowest BCUT2D eigenvalue weighted by Crippen LogP contribution is -2.34. The fourth-order valence-corrected chi connectivity index (χ4v) is 2.52. The largest absolute Gasteiger partial charge is 0.463 e. The summed E-state index contributed by atoms with van der Waals surface area (Å²) in [6.45, 7) is 1.35. The number of rotatable bonds is 17. The summed E-state index contributed by atoms with van der Waals surface area (Å²) >= 11 is 0. The molecule has 164 valence electrons. The Bertz CT molecular complexity index is 442. The molecule has 0 saturated heterocycles. The number of nitrogens with two attached hydrogens (primary N) is 1. The summed E-state index contributed by atoms with van der Waals surface area (Å²) < 4.78 is 9.40. The van der Waals surface area contributed by atoms with E-state index >= 15 is 0 Å². The third-order valence-electron chi connectivity index (χ3n) is 4.31. The molecule has 28 heavy (non-hydrogen) atoms. The Balaban J connectivity index is 3.72. The van der Waals surface area contributed by atoms with Crippen molar-refractivity contribution in [1.29, 1.82) is 0 Å². The summed E-state index contributed by atoms with van der Waals surface area (Å²) in [5.41, 5.74) is 5.62. The van der Waals surface area contributed by atoms with Crippen molar-refractivity contribution in [3.05, 3.63) is 0 Å². The molecule has 0 radical (unpaired) electrons. The summed E-state index contributed by atoms with van der Waals surface area (Å²) in [4.78, 5) is 34.8. The van der Waals surface area contributed by atoms with E-state index < -0.39 is 36.7 Å². The monoisotopic (exact) mass is 403 g/mol. The minimum absolute atomic E-state index is 0.0296. The molecule has 1 unspecified atom stereocenters. The Morgan fingerprint density at radius 3 is 2.04 bits per heavy atom. The highest BCUT2D eigenvalue weighted by Gasteiger charge is 2.20. The minimum Gasteiger partial charge on any atom is -0.463 e. The molecule has 8 nitrogen and oxygen atoms in total. The smallest absolute Gasteiger partial charge is 0.330 e. The SMILES string of the molecule is CCCCCCCCCCCC(=O)OC(=O)[C@@H](N)CCC(=O)OCC(O)CO. The van der Waals surface area contributed by atoms with E-state index in [1.54, 1.807) is 0 Å². The van der Waals surface area contributed by atoms with Crippen molar-refractivity contribution in [3.8, 4) is 0 Å². The average molecular weight is 404 g/mol. The van der Waals surface area contributed by atoms with Crippen LogP contribution in [-0.2, 0) is 23.9 Å². The molecule has 8 heteroatoms. The van der Waals surface area contributed by atoms with Crippen LogP contribution in [0.5, 0.6) is 0 Å². The lowest BCUT2D eigenvalue weighted by molar-refractivity contribution is -0.160. The number of aliphatic hydroxyl groups is 2. The summed E-state index contributed by atoms with van der Waals surface area (Å²) in [5.74, 6) is -2.11. The Morgan fingerprint density at radius 2 is 1.46 bits per heavy atom. The molecule has 0 aliphatic heterocycles. The molecular formula is C20H37NO7. The predicted octanol–water partition coefficient (Wildman–Crippen LogP) is 1.98. The first-order valence-corrected chi connectivity index (χ1v) is 10.3. The summed E-state index contributed by atoms with van der Waals surface area (Å²) in [6, 6.07) is -1.10. The molecule has 0 aromatic heterocycles. The third kappa shape index (κ3) is 15.5. The highest BCUT2D eigenvalue weighted by atomic mass is 16.6. The number of hydrogen-bond donors (Lipinski definition) is 3. The predicted molar refractivity (Wildman–Crippen MR) is 104 cm³/mol. The second-order valence-electron chi connectivity index (χ2n) is 7.04. The zero-order valence-electron chi connectivity index (χ0n) is 17.1. The van der Waals surface area contributed by atoms with Gasteiger partial charge in [0.25, 0.3) is 0 Å². The normalized spacial score (nSPS) is 13.0. The average Bonchev–Trinajstić information content (AvgIpc) is 2.68. The van der Waals surface area contributed by atoms with Gasteiger partial charge in [0, 0.05) is 12.8 Å². The number of ether oxygens (including phenoxy) is 2. The van der Waals surface area contributed by atoms with E-state index in [1.807, 2.05) is 0 Å². The second-order valence-corrected chi connectivity index (χ2v) is 7.04. The van der Waals surface area contributed by atoms with Gasteiger partial charge in [0.15, 0.2) is 0 Å². The van der Waals surface area contributed by atoms with Crippen molar-refractivity contribution in [2.75, 3.05) is 13.2 Å². The van der Waals surface area contributed by atoms with Crippen LogP contribution < -0.4 is 5.73 Å². The van der Waals surface area contributed by atoms with Gasteiger partial charge in [-0.2, -0.15) is 0 Å². The maximum Gasteiger partial charge on any atom is 0.330 e. The van der Waals surface area contributed by atoms with Crippen LogP contribution in [-0.4, -0.2) is 53.5 Å². The zero-order chi connectivity index (χ0) is 21.2. The molecule has 0 heterocycles. The molecule has 0 spiro atoms. The van der Waals surface area contributed by atoms with Crippen LogP contribution in [0.15, 0.2) is 0 Å². The molecule has 0 amide bonds. The minimum atomic E-state index is -1.14. The molecule has 0 rings (SSSR count). The van der Waals surface area contributed by atoms with Crippen molar-refractivity contribution in [2.45, 2.75) is 96.1 Å². The fraction of sp³-hybridized carbons (Fsp3) is 0.850. The van der Waals surface area contributed by atoms with Crippen LogP contribution in [0, 0.1) is 0 Å². The maximum atomic E-state index is 11.7. The maximum absolute atomic E-state index is 11.7. The number of hydrogen-bond acceptors (Lipinski definition) is 8. The Labute approximate surface area is 167 Å². The molecule has 0 aliphatic carbocycles. The van der Waals surface area contributed by atoms with Crippen molar-refractivity contribution in [3.63, 3.8) is 0 Å². The van der Waals surface area contributed by atoms with E-state index in [0.29, 0.717) is 6.42 Å². The number of carbonyl (C=O) groups is 3. The van der Waals surface area contributed by atoms with Gasteiger partial charge in [-0.15, -0.1) is 0 Å². The van der Waals surface area contributed by atoms with Gasteiger partial charge in [0.1, 0.15) is 18.8 Å². The van der Waals surface area contributed by atoms with Gasteiger partial charge in [-0.05, 0) is 12.8 Å². The molecule has 0 bridgehead atoms. The zero-order valence-corrected chi connectivity index (χ0v) is 17.1. The molecule has 0 fully saturated rings. The van der Waals surface area contributed by atoms with Gasteiger partial charge in [-0.3, -0.25) is 9.59 Å². The van der Waals surface area contributed by atoms with Crippen molar-refractivity contribution in [2.24, 2.45) is 5.73 Å². The van der Waals surface area contributed by atoms with Gasteiger partial charge in [0.2, 0.25) is 0 Å². The first-order valence-electron chi connectivity index (χ1n) is 10.3. The van der Waals surface area contributed by atoms with Crippen molar-refractivity contribution < 1.29 is 34.1 Å². The van der Waals surface area contributed by atoms with Crippen LogP contribution in [0.2, 0.25) is 0 Å². The fourth-order valence-electron chi connectivity index (χ4n) is 2.52. The van der Waals surface area contributed by atoms with Crippen LogP contribution in [0.3, 0.4) is 0 Å². The Hall–Kier alpha value is -1.51. The highest BCUT2D eigenvalue weighted by molar-refractivity contribution is 5.88. The number of esters is 3. The molecule has 2 atom stereocenters. The van der Waals surface area contributed by atoms with Gasteiger partial charge in [-0.25, -0.2) is 4.79 Å². The lowest BCUT2D eigenvalue weighted by Gasteiger charge is -2.11. The topological polar surface area (TPSA) is 136 Å². The first-order chi connectivity index (χ1) is 13.4. The van der Waals surface area contributed by atoms with Crippen LogP contribution >= 0.6 is 0 Å². The van der Waals surface area contributed by atoms with E-state index in [-0.39, 0.29) is 25.9 Å². The summed E-state index contributed by atoms with van der Waals surface area (Å²) in [7, 11) is 0. The highest BCUT2D eigenvalue weighted by Crippen LogP contribution is 2.11. The molecule has 0 aromatic carbocycles. The van der Waals surface area contributed by atoms with Gasteiger partial charge in [0.05, 0.1) is 6.61 Å². The third-order valence-corrected chi connectivity index (χ3v) is 4.31. The van der Waals surface area contributed by atoms with Gasteiger partial charge in [-0.1, -0.05) is 58.3 Å². The molecular weight excluding hydrogens is 366 g/mol. The van der Waals surface area contributed by atoms with Crippen LogP contribution in [0.25, 0.3) is 0 Å². The summed E-state index contributed by atoms with van der Waals surface area (Å²) in [6.07, 6.45) is 8.98. The van der Waals surface area contributed by atoms with Crippen LogP contribution in [0.1, 0.15) is 84.0 Å². The molecule has 0 aromatic rings. The Kier molecular flexibility index (Phi) is 16.6. The van der Waals surface area contributed by atoms with Crippen molar-refractivity contribution >= 4 is 17.9 Å². The number of aliphatic hydroxyl groups excluding tert-OH is 2. The van der Waals surface area contributed by atoms with E-state index in [1.165, 1.54) is 32.1 Å². The quantitative estimate of drug-likeness (QED) is 0.190. The second kappa shape index (κ2) is 17.6. The molecule has 4 N–H and O–H groups in total. The molecule has 0 saturated carbocycles. The van der Waals surface area contributed by atoms with E-state index in [2.05, 4.69) is 6.92 Å². The van der Waals surface area contributed by atoms with Gasteiger partial charge >= 0.3 is 17.9 Å². The van der Waals surface area contributed by atoms with E-state index in [4.69, 9.17) is 25.4 Å².